The van der Waals surface area contributed by atoms with E-state index in [2.05, 4.69) is 10.6 Å². The number of nitrogens with zero attached hydrogens (tertiary/aromatic N) is 1. The largest absolute Gasteiger partial charge is 0.481 e. The average Bonchev–Trinajstić information content (AvgIpc) is 2.70. The van der Waals surface area contributed by atoms with E-state index in [-0.39, 0.29) is 30.8 Å². The fourth-order valence-corrected chi connectivity index (χ4v) is 3.53. The first-order valence-corrected chi connectivity index (χ1v) is 13.5. The van der Waals surface area contributed by atoms with Gasteiger partial charge in [0.2, 0.25) is 5.91 Å². The van der Waals surface area contributed by atoms with Crippen molar-refractivity contribution in [1.82, 2.24) is 15.5 Å². The van der Waals surface area contributed by atoms with Crippen molar-refractivity contribution >= 4 is 24.1 Å². The molecular formula is C27H51N3O7. The van der Waals surface area contributed by atoms with Crippen molar-refractivity contribution < 1.29 is 33.8 Å². The topological polar surface area (TPSA) is 134 Å². The maximum atomic E-state index is 12.6. The molecular weight excluding hydrogens is 478 g/mol. The highest BCUT2D eigenvalue weighted by atomic mass is 16.6. The monoisotopic (exact) mass is 529 g/mol. The van der Waals surface area contributed by atoms with Gasteiger partial charge < -0.3 is 30.1 Å². The molecule has 2 unspecified atom stereocenters. The molecule has 10 heteroatoms. The van der Waals surface area contributed by atoms with Gasteiger partial charge in [0.25, 0.3) is 0 Å². The summed E-state index contributed by atoms with van der Waals surface area (Å²) in [4.78, 5) is 49.0. The Balaban J connectivity index is 4.40. The fourth-order valence-electron chi connectivity index (χ4n) is 3.53. The first-order chi connectivity index (χ1) is 17.0. The predicted molar refractivity (Wildman–Crippen MR) is 143 cm³/mol. The van der Waals surface area contributed by atoms with Crippen molar-refractivity contribution in [3.63, 3.8) is 0 Å². The molecule has 0 aliphatic heterocycles. The van der Waals surface area contributed by atoms with Crippen molar-refractivity contribution in [3.8, 4) is 0 Å². The Morgan fingerprint density at radius 1 is 0.703 bits per heavy atom. The number of amides is 3. The van der Waals surface area contributed by atoms with Crippen molar-refractivity contribution in [2.24, 2.45) is 0 Å². The summed E-state index contributed by atoms with van der Waals surface area (Å²) in [6, 6.07) is -0.158. The molecule has 0 aromatic heterocycles. The normalized spacial score (nSPS) is 13.3. The lowest BCUT2D eigenvalue weighted by Gasteiger charge is -2.26. The standard InChI is InChI=1S/C27H51N3O7/c1-20(28-24(34)36-26(3,4)5)14-12-10-9-11-13-18-30(22(31)15-16-23(32)33)19-17-21(2)29-25(35)37-27(6,7)8/h20-21H,9-19H2,1-8H3,(H,28,34)(H,29,35)(H,32,33). The maximum Gasteiger partial charge on any atom is 0.407 e. The minimum Gasteiger partial charge on any atom is -0.481 e. The van der Waals surface area contributed by atoms with Crippen LogP contribution in [0.4, 0.5) is 9.59 Å². The molecule has 0 rings (SSSR count). The van der Waals surface area contributed by atoms with Crippen LogP contribution in [-0.2, 0) is 19.1 Å². The summed E-state index contributed by atoms with van der Waals surface area (Å²) in [5.41, 5.74) is -1.10. The number of nitrogens with one attached hydrogen (secondary N) is 2. The summed E-state index contributed by atoms with van der Waals surface area (Å²) in [5, 5.41) is 14.6. The average molecular weight is 530 g/mol. The molecule has 0 heterocycles. The lowest BCUT2D eigenvalue weighted by Crippen LogP contribution is -2.41. The van der Waals surface area contributed by atoms with E-state index in [1.807, 2.05) is 34.6 Å². The van der Waals surface area contributed by atoms with Gasteiger partial charge >= 0.3 is 18.2 Å². The molecule has 0 spiro atoms. The smallest absolute Gasteiger partial charge is 0.407 e. The van der Waals surface area contributed by atoms with Gasteiger partial charge in [0.15, 0.2) is 0 Å². The highest BCUT2D eigenvalue weighted by Crippen LogP contribution is 2.12. The minimum absolute atomic E-state index is 0.0356. The van der Waals surface area contributed by atoms with Gasteiger partial charge in [-0.15, -0.1) is 0 Å². The lowest BCUT2D eigenvalue weighted by molar-refractivity contribution is -0.141. The second kappa shape index (κ2) is 17.1. The number of ether oxygens (including phenoxy) is 2. The number of alkyl carbamates (subject to hydrolysis) is 2. The number of hydrogen-bond acceptors (Lipinski definition) is 6. The van der Waals surface area contributed by atoms with Crippen LogP contribution in [0.3, 0.4) is 0 Å². The van der Waals surface area contributed by atoms with Gasteiger partial charge in [0, 0.05) is 31.6 Å². The van der Waals surface area contributed by atoms with Crippen LogP contribution < -0.4 is 10.6 Å². The Labute approximate surface area is 223 Å². The molecule has 3 N–H and O–H groups in total. The lowest BCUT2D eigenvalue weighted by atomic mass is 10.1. The highest BCUT2D eigenvalue weighted by Gasteiger charge is 2.20. The van der Waals surface area contributed by atoms with Crippen molar-refractivity contribution in [2.45, 2.75) is 136 Å². The maximum absolute atomic E-state index is 12.6. The second-order valence-corrected chi connectivity index (χ2v) is 11.7. The first-order valence-electron chi connectivity index (χ1n) is 13.5. The van der Waals surface area contributed by atoms with Gasteiger partial charge in [-0.3, -0.25) is 9.59 Å². The third-order valence-electron chi connectivity index (χ3n) is 5.33. The molecule has 216 valence electrons. The minimum atomic E-state index is -0.997. The summed E-state index contributed by atoms with van der Waals surface area (Å²) >= 11 is 0. The first kappa shape index (κ1) is 34.5. The quantitative estimate of drug-likeness (QED) is 0.233. The Hall–Kier alpha value is -2.52. The van der Waals surface area contributed by atoms with E-state index in [9.17, 15) is 19.2 Å². The molecule has 0 bridgehead atoms. The second-order valence-electron chi connectivity index (χ2n) is 11.7. The van der Waals surface area contributed by atoms with Gasteiger partial charge in [0.05, 0.1) is 6.42 Å². The van der Waals surface area contributed by atoms with Gasteiger partial charge in [0.1, 0.15) is 11.2 Å². The van der Waals surface area contributed by atoms with Gasteiger partial charge in [-0.25, -0.2) is 9.59 Å². The van der Waals surface area contributed by atoms with E-state index in [4.69, 9.17) is 14.6 Å². The molecule has 0 aliphatic carbocycles. The summed E-state index contributed by atoms with van der Waals surface area (Å²) < 4.78 is 10.5. The fraction of sp³-hybridized carbons (Fsp3) is 0.852. The van der Waals surface area contributed by atoms with E-state index >= 15 is 0 Å². The van der Waals surface area contributed by atoms with Crippen LogP contribution in [0.5, 0.6) is 0 Å². The zero-order chi connectivity index (χ0) is 28.6. The Morgan fingerprint density at radius 3 is 1.65 bits per heavy atom. The number of aliphatic carboxylic acids is 1. The summed E-state index contributed by atoms with van der Waals surface area (Å²) in [6.45, 7) is 15.7. The molecule has 0 fully saturated rings. The molecule has 0 aromatic carbocycles. The number of carbonyl (C=O) groups is 4. The third kappa shape index (κ3) is 21.3. The molecule has 10 nitrogen and oxygen atoms in total. The zero-order valence-corrected chi connectivity index (χ0v) is 24.3. The van der Waals surface area contributed by atoms with Crippen LogP contribution in [-0.4, -0.2) is 70.4 Å². The van der Waals surface area contributed by atoms with Crippen LogP contribution in [0.2, 0.25) is 0 Å². The summed E-state index contributed by atoms with van der Waals surface area (Å²) in [6.07, 6.45) is 5.04. The molecule has 37 heavy (non-hydrogen) atoms. The van der Waals surface area contributed by atoms with E-state index in [0.717, 1.165) is 38.5 Å². The Kier molecular flexibility index (Phi) is 15.9. The Bertz CT molecular complexity index is 714. The van der Waals surface area contributed by atoms with Crippen LogP contribution in [0.1, 0.15) is 113 Å². The Morgan fingerprint density at radius 2 is 1.16 bits per heavy atom. The zero-order valence-electron chi connectivity index (χ0n) is 24.3. The van der Waals surface area contributed by atoms with Crippen LogP contribution >= 0.6 is 0 Å². The molecule has 0 aliphatic rings. The van der Waals surface area contributed by atoms with Crippen LogP contribution in [0, 0.1) is 0 Å². The van der Waals surface area contributed by atoms with Crippen LogP contribution in [0.15, 0.2) is 0 Å². The number of rotatable bonds is 16. The number of unbranched alkanes of at least 4 members (excludes halogenated alkanes) is 4. The molecule has 0 saturated carbocycles. The van der Waals surface area contributed by atoms with Gasteiger partial charge in [-0.1, -0.05) is 25.7 Å². The summed E-state index contributed by atoms with van der Waals surface area (Å²) in [7, 11) is 0. The third-order valence-corrected chi connectivity index (χ3v) is 5.33. The SMILES string of the molecule is CC(CCCCCCCN(CCC(C)NC(=O)OC(C)(C)C)C(=O)CCC(=O)O)NC(=O)OC(C)(C)C. The molecule has 2 atom stereocenters. The molecule has 0 aromatic rings. The molecule has 0 radical (unpaired) electrons. The van der Waals surface area contributed by atoms with Crippen molar-refractivity contribution in [2.75, 3.05) is 13.1 Å². The number of carbonyl (C=O) groups excluding carboxylic acids is 3. The number of carboxylic acid groups (broad SMARTS) is 1. The van der Waals surface area contributed by atoms with Crippen LogP contribution in [0.25, 0.3) is 0 Å². The number of carboxylic acids is 1. The van der Waals surface area contributed by atoms with E-state index in [0.29, 0.717) is 19.5 Å². The van der Waals surface area contributed by atoms with E-state index < -0.39 is 29.4 Å². The van der Waals surface area contributed by atoms with Crippen molar-refractivity contribution in [1.29, 1.82) is 0 Å². The predicted octanol–water partition coefficient (Wildman–Crippen LogP) is 5.24. The highest BCUT2D eigenvalue weighted by molar-refractivity contribution is 5.80. The van der Waals surface area contributed by atoms with E-state index in [1.54, 1.807) is 25.7 Å². The van der Waals surface area contributed by atoms with Crippen molar-refractivity contribution in [3.05, 3.63) is 0 Å². The summed E-state index contributed by atoms with van der Waals surface area (Å²) in [5.74, 6) is -1.18. The molecule has 0 saturated heterocycles. The van der Waals surface area contributed by atoms with E-state index in [1.165, 1.54) is 0 Å². The van der Waals surface area contributed by atoms with Gasteiger partial charge in [-0.05, 0) is 74.7 Å². The molecule has 3 amide bonds. The van der Waals surface area contributed by atoms with Gasteiger partial charge in [-0.2, -0.15) is 0 Å². The number of hydrogen-bond donors (Lipinski definition) is 3.